The lowest BCUT2D eigenvalue weighted by Crippen LogP contribution is -2.27. The van der Waals surface area contributed by atoms with Crippen molar-refractivity contribution in [2.24, 2.45) is 0 Å². The number of nitrogens with zero attached hydrogens (tertiary/aromatic N) is 2. The van der Waals surface area contributed by atoms with Crippen LogP contribution in [-0.4, -0.2) is 22.6 Å². The van der Waals surface area contributed by atoms with E-state index in [1.165, 1.54) is 29.3 Å². The van der Waals surface area contributed by atoms with Crippen molar-refractivity contribution in [1.82, 2.24) is 9.55 Å². The Balaban J connectivity index is 1.81. The van der Waals surface area contributed by atoms with Gasteiger partial charge in [0, 0.05) is 0 Å². The van der Waals surface area contributed by atoms with Gasteiger partial charge in [0.05, 0.1) is 24.6 Å². The second kappa shape index (κ2) is 5.98. The van der Waals surface area contributed by atoms with Gasteiger partial charge in [-0.3, -0.25) is 14.2 Å². The summed E-state index contributed by atoms with van der Waals surface area (Å²) in [6, 6.07) is 8.87. The van der Waals surface area contributed by atoms with Crippen LogP contribution < -0.4 is 15.6 Å². The van der Waals surface area contributed by atoms with Crippen LogP contribution in [0.25, 0.3) is 10.2 Å². The number of methoxy groups -OCH3 is 1. The molecule has 0 saturated heterocycles. The number of carbonyl (C=O) groups excluding carboxylic acids is 1. The number of thiophene rings is 1. The summed E-state index contributed by atoms with van der Waals surface area (Å²) < 4.78 is 7.02. The molecule has 0 radical (unpaired) electrons. The van der Waals surface area contributed by atoms with Crippen LogP contribution >= 0.6 is 11.3 Å². The average Bonchev–Trinajstić information content (AvgIpc) is 3.00. The van der Waals surface area contributed by atoms with E-state index in [0.29, 0.717) is 21.7 Å². The van der Waals surface area contributed by atoms with E-state index in [2.05, 4.69) is 10.3 Å². The lowest BCUT2D eigenvalue weighted by atomic mass is 10.3. The van der Waals surface area contributed by atoms with Crippen molar-refractivity contribution < 1.29 is 9.53 Å². The van der Waals surface area contributed by atoms with Crippen LogP contribution in [0, 0.1) is 0 Å². The van der Waals surface area contributed by atoms with Gasteiger partial charge >= 0.3 is 0 Å². The number of rotatable bonds is 4. The van der Waals surface area contributed by atoms with E-state index in [0.717, 1.165) is 0 Å². The van der Waals surface area contributed by atoms with Crippen LogP contribution in [0.4, 0.5) is 5.69 Å². The highest BCUT2D eigenvalue weighted by atomic mass is 32.1. The van der Waals surface area contributed by atoms with Gasteiger partial charge in [-0.2, -0.15) is 0 Å². The first-order chi connectivity index (χ1) is 10.7. The standard InChI is InChI=1S/C15H13N3O3S/c1-21-12-5-3-2-4-10(12)17-13(19)8-18-9-16-11-6-7-22-14(11)15(18)20/h2-7,9H,8H2,1H3,(H,17,19). The minimum atomic E-state index is -0.315. The summed E-state index contributed by atoms with van der Waals surface area (Å²) in [6.45, 7) is -0.0995. The van der Waals surface area contributed by atoms with Crippen molar-refractivity contribution in [3.8, 4) is 5.75 Å². The summed E-state index contributed by atoms with van der Waals surface area (Å²) in [7, 11) is 1.53. The third kappa shape index (κ3) is 2.71. The van der Waals surface area contributed by atoms with E-state index in [4.69, 9.17) is 4.74 Å². The molecular formula is C15H13N3O3S. The molecule has 3 aromatic rings. The normalized spacial score (nSPS) is 10.6. The molecule has 0 unspecified atom stereocenters. The molecule has 2 heterocycles. The van der Waals surface area contributed by atoms with Gasteiger partial charge in [-0.15, -0.1) is 11.3 Å². The quantitative estimate of drug-likeness (QED) is 0.800. The Labute approximate surface area is 130 Å². The van der Waals surface area contributed by atoms with Gasteiger partial charge < -0.3 is 10.1 Å². The van der Waals surface area contributed by atoms with Crippen LogP contribution in [-0.2, 0) is 11.3 Å². The lowest BCUT2D eigenvalue weighted by Gasteiger charge is -2.10. The van der Waals surface area contributed by atoms with Crippen molar-refractivity contribution in [2.75, 3.05) is 12.4 Å². The van der Waals surface area contributed by atoms with Crippen LogP contribution in [0.3, 0.4) is 0 Å². The minimum Gasteiger partial charge on any atom is -0.495 e. The van der Waals surface area contributed by atoms with E-state index >= 15 is 0 Å². The second-order valence-corrected chi connectivity index (χ2v) is 5.48. The monoisotopic (exact) mass is 315 g/mol. The number of aromatic nitrogens is 2. The summed E-state index contributed by atoms with van der Waals surface area (Å²) >= 11 is 1.32. The Kier molecular flexibility index (Phi) is 3.88. The molecule has 0 aliphatic carbocycles. The molecule has 0 fully saturated rings. The highest BCUT2D eigenvalue weighted by Gasteiger charge is 2.11. The van der Waals surface area contributed by atoms with Gasteiger partial charge in [0.25, 0.3) is 5.56 Å². The predicted octanol–water partition coefficient (Wildman–Crippen LogP) is 2.11. The van der Waals surface area contributed by atoms with Crippen molar-refractivity contribution >= 4 is 33.1 Å². The summed E-state index contributed by atoms with van der Waals surface area (Å²) in [5.41, 5.74) is 1.000. The second-order valence-electron chi connectivity index (χ2n) is 4.56. The van der Waals surface area contributed by atoms with Crippen molar-refractivity contribution in [1.29, 1.82) is 0 Å². The fourth-order valence-corrected chi connectivity index (χ4v) is 2.88. The Bertz CT molecular complexity index is 885. The molecule has 0 atom stereocenters. The zero-order chi connectivity index (χ0) is 15.5. The van der Waals surface area contributed by atoms with Crippen LogP contribution in [0.1, 0.15) is 0 Å². The number of anilines is 1. The Morgan fingerprint density at radius 2 is 2.18 bits per heavy atom. The van der Waals surface area contributed by atoms with Gasteiger partial charge in [0.1, 0.15) is 17.0 Å². The third-order valence-corrected chi connectivity index (χ3v) is 4.02. The molecule has 0 saturated carbocycles. The Morgan fingerprint density at radius 3 is 3.00 bits per heavy atom. The van der Waals surface area contributed by atoms with Gasteiger partial charge in [-0.05, 0) is 23.6 Å². The number of hydrogen-bond donors (Lipinski definition) is 1. The van der Waals surface area contributed by atoms with Crippen molar-refractivity contribution in [3.05, 3.63) is 52.4 Å². The van der Waals surface area contributed by atoms with Gasteiger partial charge in [0.15, 0.2) is 0 Å². The van der Waals surface area contributed by atoms with E-state index in [1.807, 2.05) is 6.07 Å². The molecule has 1 amide bonds. The molecule has 2 aromatic heterocycles. The molecule has 3 rings (SSSR count). The minimum absolute atomic E-state index is 0.0995. The van der Waals surface area contributed by atoms with Gasteiger partial charge in [-0.1, -0.05) is 12.1 Å². The van der Waals surface area contributed by atoms with Gasteiger partial charge in [-0.25, -0.2) is 4.98 Å². The van der Waals surface area contributed by atoms with E-state index in [1.54, 1.807) is 29.6 Å². The number of amides is 1. The maximum Gasteiger partial charge on any atom is 0.271 e. The fourth-order valence-electron chi connectivity index (χ4n) is 2.08. The number of fused-ring (bicyclic) bond motifs is 1. The summed E-state index contributed by atoms with van der Waals surface area (Å²) in [4.78, 5) is 28.5. The highest BCUT2D eigenvalue weighted by molar-refractivity contribution is 7.17. The first-order valence-electron chi connectivity index (χ1n) is 6.54. The average molecular weight is 315 g/mol. The number of carbonyl (C=O) groups is 1. The molecule has 1 N–H and O–H groups in total. The number of para-hydroxylation sites is 2. The molecule has 0 bridgehead atoms. The summed E-state index contributed by atoms with van der Waals surface area (Å²) in [5.74, 6) is 0.249. The molecule has 22 heavy (non-hydrogen) atoms. The number of nitrogens with one attached hydrogen (secondary N) is 1. The van der Waals surface area contributed by atoms with E-state index in [-0.39, 0.29) is 18.0 Å². The summed E-state index contributed by atoms with van der Waals surface area (Å²) in [5, 5.41) is 4.53. The van der Waals surface area contributed by atoms with Crippen LogP contribution in [0.15, 0.2) is 46.8 Å². The number of ether oxygens (including phenoxy) is 1. The van der Waals surface area contributed by atoms with E-state index in [9.17, 15) is 9.59 Å². The van der Waals surface area contributed by atoms with Crippen molar-refractivity contribution in [2.45, 2.75) is 6.54 Å². The lowest BCUT2D eigenvalue weighted by molar-refractivity contribution is -0.116. The molecule has 0 aliphatic rings. The van der Waals surface area contributed by atoms with Crippen LogP contribution in [0.2, 0.25) is 0 Å². The largest absolute Gasteiger partial charge is 0.495 e. The zero-order valence-corrected chi connectivity index (χ0v) is 12.6. The Hall–Kier alpha value is -2.67. The molecule has 6 nitrogen and oxygen atoms in total. The smallest absolute Gasteiger partial charge is 0.271 e. The fraction of sp³-hybridized carbons (Fsp3) is 0.133. The maximum absolute atomic E-state index is 12.2. The molecule has 1 aromatic carbocycles. The number of benzene rings is 1. The summed E-state index contributed by atoms with van der Waals surface area (Å²) in [6.07, 6.45) is 1.39. The molecule has 0 spiro atoms. The SMILES string of the molecule is COc1ccccc1NC(=O)Cn1cnc2ccsc2c1=O. The maximum atomic E-state index is 12.2. The third-order valence-electron chi connectivity index (χ3n) is 3.13. The first-order valence-corrected chi connectivity index (χ1v) is 7.42. The van der Waals surface area contributed by atoms with Gasteiger partial charge in [0.2, 0.25) is 5.91 Å². The highest BCUT2D eigenvalue weighted by Crippen LogP contribution is 2.22. The first kappa shape index (κ1) is 14.3. The molecule has 7 heteroatoms. The molecule has 112 valence electrons. The zero-order valence-electron chi connectivity index (χ0n) is 11.8. The number of hydrogen-bond acceptors (Lipinski definition) is 5. The predicted molar refractivity (Wildman–Crippen MR) is 85.5 cm³/mol. The molecule has 0 aliphatic heterocycles. The topological polar surface area (TPSA) is 73.2 Å². The molecular weight excluding hydrogens is 302 g/mol. The Morgan fingerprint density at radius 1 is 1.36 bits per heavy atom. The van der Waals surface area contributed by atoms with Crippen LogP contribution in [0.5, 0.6) is 5.75 Å². The van der Waals surface area contributed by atoms with Crippen molar-refractivity contribution in [3.63, 3.8) is 0 Å². The van der Waals surface area contributed by atoms with E-state index < -0.39 is 0 Å².